The molecule has 1 aliphatic rings. The fraction of sp³-hybridized carbons (Fsp3) is 0.625. The first-order valence-corrected chi connectivity index (χ1v) is 7.45. The Morgan fingerprint density at radius 2 is 2.05 bits per heavy atom. The first-order valence-electron chi connectivity index (χ1n) is 7.45. The highest BCUT2D eigenvalue weighted by Crippen LogP contribution is 2.31. The summed E-state index contributed by atoms with van der Waals surface area (Å²) in [4.78, 5) is 2.65. The zero-order valence-corrected chi connectivity index (χ0v) is 12.1. The molecule has 0 radical (unpaired) electrons. The summed E-state index contributed by atoms with van der Waals surface area (Å²) in [5.74, 6) is 0.351. The lowest BCUT2D eigenvalue weighted by Gasteiger charge is -2.41. The molecular weight excluding hydrogens is 236 g/mol. The molecule has 0 saturated carbocycles. The fourth-order valence-corrected chi connectivity index (χ4v) is 3.25. The van der Waals surface area contributed by atoms with E-state index in [1.165, 1.54) is 31.4 Å². The standard InChI is InChI=1S/C16H26N2O/c1-3-16(13-7-9-15(19)10-8-13)18-11-5-4-6-14(18)12-17-2/h7-10,14,16-17,19H,3-6,11-12H2,1-2H3. The van der Waals surface area contributed by atoms with Gasteiger partial charge >= 0.3 is 0 Å². The van der Waals surface area contributed by atoms with Gasteiger partial charge in [0.2, 0.25) is 0 Å². The quantitative estimate of drug-likeness (QED) is 0.856. The minimum atomic E-state index is 0.351. The second-order valence-corrected chi connectivity index (χ2v) is 5.46. The van der Waals surface area contributed by atoms with Crippen LogP contribution in [0.3, 0.4) is 0 Å². The van der Waals surface area contributed by atoms with Gasteiger partial charge in [-0.1, -0.05) is 25.5 Å². The summed E-state index contributed by atoms with van der Waals surface area (Å²) in [5, 5.41) is 12.8. The Kier molecular flexibility index (Phi) is 5.23. The zero-order chi connectivity index (χ0) is 13.7. The number of aromatic hydroxyl groups is 1. The Balaban J connectivity index is 2.16. The van der Waals surface area contributed by atoms with Crippen molar-refractivity contribution in [2.45, 2.75) is 44.7 Å². The third-order valence-corrected chi connectivity index (χ3v) is 4.18. The van der Waals surface area contributed by atoms with Crippen molar-refractivity contribution in [3.05, 3.63) is 29.8 Å². The Morgan fingerprint density at radius 3 is 2.68 bits per heavy atom. The minimum absolute atomic E-state index is 0.351. The molecule has 1 fully saturated rings. The summed E-state index contributed by atoms with van der Waals surface area (Å²) in [6.07, 6.45) is 5.05. The van der Waals surface area contributed by atoms with Crippen molar-refractivity contribution in [2.75, 3.05) is 20.1 Å². The van der Waals surface area contributed by atoms with E-state index < -0.39 is 0 Å². The van der Waals surface area contributed by atoms with Crippen LogP contribution in [0, 0.1) is 0 Å². The van der Waals surface area contributed by atoms with E-state index in [0.29, 0.717) is 17.8 Å². The molecule has 1 aromatic carbocycles. The number of likely N-dealkylation sites (tertiary alicyclic amines) is 1. The van der Waals surface area contributed by atoms with Gasteiger partial charge in [0.05, 0.1) is 0 Å². The summed E-state index contributed by atoms with van der Waals surface area (Å²) in [5.41, 5.74) is 1.32. The van der Waals surface area contributed by atoms with Crippen LogP contribution in [0.2, 0.25) is 0 Å². The van der Waals surface area contributed by atoms with E-state index in [4.69, 9.17) is 0 Å². The van der Waals surface area contributed by atoms with Crippen LogP contribution in [0.4, 0.5) is 0 Å². The van der Waals surface area contributed by atoms with E-state index in [-0.39, 0.29) is 0 Å². The maximum Gasteiger partial charge on any atom is 0.115 e. The molecule has 1 saturated heterocycles. The molecule has 19 heavy (non-hydrogen) atoms. The van der Waals surface area contributed by atoms with E-state index in [2.05, 4.69) is 29.3 Å². The number of nitrogens with zero attached hydrogens (tertiary/aromatic N) is 1. The fourth-order valence-electron chi connectivity index (χ4n) is 3.25. The first-order chi connectivity index (χ1) is 9.26. The van der Waals surface area contributed by atoms with Crippen LogP contribution >= 0.6 is 0 Å². The molecule has 0 aliphatic carbocycles. The molecule has 0 bridgehead atoms. The maximum absolute atomic E-state index is 9.43. The van der Waals surface area contributed by atoms with Gasteiger partial charge in [0.1, 0.15) is 5.75 Å². The lowest BCUT2D eigenvalue weighted by Crippen LogP contribution is -2.46. The number of piperidine rings is 1. The molecule has 1 aromatic rings. The molecule has 0 aromatic heterocycles. The van der Waals surface area contributed by atoms with E-state index in [1.54, 1.807) is 12.1 Å². The second kappa shape index (κ2) is 6.92. The number of benzene rings is 1. The van der Waals surface area contributed by atoms with Gasteiger partial charge in [-0.25, -0.2) is 0 Å². The molecule has 1 heterocycles. The maximum atomic E-state index is 9.43. The van der Waals surface area contributed by atoms with Gasteiger partial charge < -0.3 is 10.4 Å². The highest BCUT2D eigenvalue weighted by molar-refractivity contribution is 5.28. The average Bonchev–Trinajstić information content (AvgIpc) is 2.44. The zero-order valence-electron chi connectivity index (χ0n) is 12.1. The smallest absolute Gasteiger partial charge is 0.115 e. The van der Waals surface area contributed by atoms with Crippen molar-refractivity contribution >= 4 is 0 Å². The van der Waals surface area contributed by atoms with Crippen LogP contribution in [0.15, 0.2) is 24.3 Å². The second-order valence-electron chi connectivity index (χ2n) is 5.46. The number of phenolic OH excluding ortho intramolecular Hbond substituents is 1. The average molecular weight is 262 g/mol. The van der Waals surface area contributed by atoms with Crippen molar-refractivity contribution < 1.29 is 5.11 Å². The van der Waals surface area contributed by atoms with E-state index in [0.717, 1.165) is 13.0 Å². The third kappa shape index (κ3) is 3.48. The molecule has 3 nitrogen and oxygen atoms in total. The molecule has 1 aliphatic heterocycles. The lowest BCUT2D eigenvalue weighted by atomic mass is 9.95. The molecule has 2 N–H and O–H groups in total. The minimum Gasteiger partial charge on any atom is -0.508 e. The van der Waals surface area contributed by atoms with Gasteiger partial charge in [0, 0.05) is 18.6 Å². The monoisotopic (exact) mass is 262 g/mol. The van der Waals surface area contributed by atoms with Crippen LogP contribution in [-0.2, 0) is 0 Å². The van der Waals surface area contributed by atoms with Crippen molar-refractivity contribution in [1.29, 1.82) is 0 Å². The molecule has 2 rings (SSSR count). The highest BCUT2D eigenvalue weighted by atomic mass is 16.3. The Hall–Kier alpha value is -1.06. The van der Waals surface area contributed by atoms with Gasteiger partial charge in [-0.05, 0) is 50.6 Å². The number of rotatable bonds is 5. The lowest BCUT2D eigenvalue weighted by molar-refractivity contribution is 0.0917. The van der Waals surface area contributed by atoms with Crippen LogP contribution in [0.1, 0.15) is 44.2 Å². The predicted molar refractivity (Wildman–Crippen MR) is 79.4 cm³/mol. The number of likely N-dealkylation sites (N-methyl/N-ethyl adjacent to an activating group) is 1. The topological polar surface area (TPSA) is 35.5 Å². The van der Waals surface area contributed by atoms with Crippen molar-refractivity contribution in [1.82, 2.24) is 10.2 Å². The Labute approximate surface area is 116 Å². The van der Waals surface area contributed by atoms with E-state index in [9.17, 15) is 5.11 Å². The molecule has 3 heteroatoms. The van der Waals surface area contributed by atoms with Crippen LogP contribution < -0.4 is 5.32 Å². The van der Waals surface area contributed by atoms with Gasteiger partial charge in [-0.3, -0.25) is 4.90 Å². The predicted octanol–water partition coefficient (Wildman–Crippen LogP) is 2.92. The van der Waals surface area contributed by atoms with Crippen LogP contribution in [-0.4, -0.2) is 36.2 Å². The summed E-state index contributed by atoms with van der Waals surface area (Å²) in [6, 6.07) is 8.84. The molecule has 0 spiro atoms. The van der Waals surface area contributed by atoms with Gasteiger partial charge in [-0.15, -0.1) is 0 Å². The SMILES string of the molecule is CCC(c1ccc(O)cc1)N1CCCCC1CNC. The van der Waals surface area contributed by atoms with Crippen LogP contribution in [0.25, 0.3) is 0 Å². The first kappa shape index (κ1) is 14.4. The third-order valence-electron chi connectivity index (χ3n) is 4.18. The molecular formula is C16H26N2O. The molecule has 2 unspecified atom stereocenters. The van der Waals surface area contributed by atoms with Crippen molar-refractivity contribution in [3.63, 3.8) is 0 Å². The van der Waals surface area contributed by atoms with Crippen molar-refractivity contribution in [2.24, 2.45) is 0 Å². The number of hydrogen-bond donors (Lipinski definition) is 2. The molecule has 0 amide bonds. The van der Waals surface area contributed by atoms with Gasteiger partial charge in [0.25, 0.3) is 0 Å². The Morgan fingerprint density at radius 1 is 1.32 bits per heavy atom. The number of hydrogen-bond acceptors (Lipinski definition) is 3. The summed E-state index contributed by atoms with van der Waals surface area (Å²) in [6.45, 7) is 4.50. The normalized spacial score (nSPS) is 22.3. The number of nitrogens with one attached hydrogen (secondary N) is 1. The molecule has 106 valence electrons. The summed E-state index contributed by atoms with van der Waals surface area (Å²) in [7, 11) is 2.04. The number of phenols is 1. The van der Waals surface area contributed by atoms with E-state index >= 15 is 0 Å². The van der Waals surface area contributed by atoms with E-state index in [1.807, 2.05) is 7.05 Å². The van der Waals surface area contributed by atoms with Gasteiger partial charge in [-0.2, -0.15) is 0 Å². The van der Waals surface area contributed by atoms with Gasteiger partial charge in [0.15, 0.2) is 0 Å². The molecule has 2 atom stereocenters. The summed E-state index contributed by atoms with van der Waals surface area (Å²) >= 11 is 0. The summed E-state index contributed by atoms with van der Waals surface area (Å²) < 4.78 is 0. The van der Waals surface area contributed by atoms with Crippen LogP contribution in [0.5, 0.6) is 5.75 Å². The highest BCUT2D eigenvalue weighted by Gasteiger charge is 2.28. The van der Waals surface area contributed by atoms with Crippen molar-refractivity contribution in [3.8, 4) is 5.75 Å². The largest absolute Gasteiger partial charge is 0.508 e. The Bertz CT molecular complexity index is 375.